The van der Waals surface area contributed by atoms with E-state index < -0.39 is 0 Å². The number of anilines is 1. The third-order valence-electron chi connectivity index (χ3n) is 3.57. The zero-order valence-electron chi connectivity index (χ0n) is 12.9. The summed E-state index contributed by atoms with van der Waals surface area (Å²) in [4.78, 5) is 19.0. The molecule has 2 heterocycles. The first kappa shape index (κ1) is 15.4. The smallest absolute Gasteiger partial charge is 0.245 e. The van der Waals surface area contributed by atoms with Crippen LogP contribution in [-0.2, 0) is 10.2 Å². The molecule has 1 fully saturated rings. The average Bonchev–Trinajstić information content (AvgIpc) is 2.87. The van der Waals surface area contributed by atoms with Gasteiger partial charge in [-0.05, 0) is 25.8 Å². The maximum absolute atomic E-state index is 12.5. The van der Waals surface area contributed by atoms with Crippen LogP contribution in [0, 0.1) is 0 Å². The molecule has 0 aromatic carbocycles. The molecule has 4 nitrogen and oxygen atoms in total. The second-order valence-corrected chi connectivity index (χ2v) is 7.24. The lowest BCUT2D eigenvalue weighted by Crippen LogP contribution is -2.51. The molecule has 1 atom stereocenters. The second kappa shape index (κ2) is 6.22. The normalized spacial score (nSPS) is 20.5. The van der Waals surface area contributed by atoms with Crippen molar-refractivity contribution in [2.24, 2.45) is 0 Å². The number of rotatable bonds is 4. The van der Waals surface area contributed by atoms with Crippen LogP contribution in [-0.4, -0.2) is 30.0 Å². The van der Waals surface area contributed by atoms with Crippen molar-refractivity contribution in [2.45, 2.75) is 58.4 Å². The lowest BCUT2D eigenvalue weighted by molar-refractivity contribution is -0.121. The highest BCUT2D eigenvalue weighted by Gasteiger charge is 2.31. The van der Waals surface area contributed by atoms with Gasteiger partial charge >= 0.3 is 0 Å². The van der Waals surface area contributed by atoms with Gasteiger partial charge in [-0.3, -0.25) is 9.69 Å². The van der Waals surface area contributed by atoms with E-state index in [9.17, 15) is 4.79 Å². The van der Waals surface area contributed by atoms with Crippen molar-refractivity contribution in [3.63, 3.8) is 0 Å². The maximum atomic E-state index is 12.5. The van der Waals surface area contributed by atoms with Crippen molar-refractivity contribution in [3.05, 3.63) is 11.1 Å². The van der Waals surface area contributed by atoms with Crippen LogP contribution in [0.4, 0.5) is 5.13 Å². The van der Waals surface area contributed by atoms with Gasteiger partial charge in [0.1, 0.15) is 0 Å². The minimum atomic E-state index is -0.0364. The Morgan fingerprint density at radius 1 is 1.50 bits per heavy atom. The van der Waals surface area contributed by atoms with Crippen LogP contribution < -0.4 is 10.2 Å². The Morgan fingerprint density at radius 2 is 2.25 bits per heavy atom. The topological polar surface area (TPSA) is 45.2 Å². The van der Waals surface area contributed by atoms with Crippen molar-refractivity contribution in [3.8, 4) is 0 Å². The van der Waals surface area contributed by atoms with E-state index in [0.717, 1.165) is 43.2 Å². The van der Waals surface area contributed by atoms with Gasteiger partial charge in [0, 0.05) is 17.3 Å². The van der Waals surface area contributed by atoms with Gasteiger partial charge in [-0.15, -0.1) is 11.3 Å². The number of thiazole rings is 1. The molecule has 20 heavy (non-hydrogen) atoms. The standard InChI is InChI=1S/C15H25N3OS/c1-5-8-16-11-7-6-9-18(13(11)19)14-17-12(10-20-14)15(2,3)4/h10-11,16H,5-9H2,1-4H3. The Bertz CT molecular complexity index is 464. The summed E-state index contributed by atoms with van der Waals surface area (Å²) in [6.45, 7) is 10.3. The third-order valence-corrected chi connectivity index (χ3v) is 4.43. The van der Waals surface area contributed by atoms with Crippen molar-refractivity contribution in [1.29, 1.82) is 0 Å². The summed E-state index contributed by atoms with van der Waals surface area (Å²) in [6.07, 6.45) is 3.03. The zero-order valence-corrected chi connectivity index (χ0v) is 13.7. The number of carbonyl (C=O) groups is 1. The monoisotopic (exact) mass is 295 g/mol. The number of piperidine rings is 1. The fourth-order valence-electron chi connectivity index (χ4n) is 2.31. The van der Waals surface area contributed by atoms with Crippen LogP contribution in [0.15, 0.2) is 5.38 Å². The summed E-state index contributed by atoms with van der Waals surface area (Å²) < 4.78 is 0. The summed E-state index contributed by atoms with van der Waals surface area (Å²) in [5, 5.41) is 6.27. The van der Waals surface area contributed by atoms with Gasteiger partial charge in [0.25, 0.3) is 0 Å². The molecule has 0 saturated carbocycles. The molecule has 2 rings (SSSR count). The number of carbonyl (C=O) groups excluding carboxylic acids is 1. The van der Waals surface area contributed by atoms with Crippen LogP contribution in [0.2, 0.25) is 0 Å². The highest BCUT2D eigenvalue weighted by molar-refractivity contribution is 7.14. The highest BCUT2D eigenvalue weighted by Crippen LogP contribution is 2.30. The lowest BCUT2D eigenvalue weighted by Gasteiger charge is -2.31. The molecule has 1 amide bonds. The van der Waals surface area contributed by atoms with E-state index in [0.29, 0.717) is 0 Å². The van der Waals surface area contributed by atoms with E-state index in [2.05, 4.69) is 43.4 Å². The maximum Gasteiger partial charge on any atom is 0.245 e. The number of aromatic nitrogens is 1. The van der Waals surface area contributed by atoms with Crippen LogP contribution in [0.1, 0.15) is 52.7 Å². The molecule has 0 radical (unpaired) electrons. The van der Waals surface area contributed by atoms with Crippen LogP contribution in [0.5, 0.6) is 0 Å². The molecule has 0 bridgehead atoms. The van der Waals surface area contributed by atoms with E-state index in [4.69, 9.17) is 0 Å². The number of hydrogen-bond donors (Lipinski definition) is 1. The van der Waals surface area contributed by atoms with Crippen molar-refractivity contribution >= 4 is 22.4 Å². The van der Waals surface area contributed by atoms with Gasteiger partial charge in [0.05, 0.1) is 11.7 Å². The van der Waals surface area contributed by atoms with E-state index in [1.54, 1.807) is 11.3 Å². The first-order chi connectivity index (χ1) is 9.43. The molecular weight excluding hydrogens is 270 g/mol. The van der Waals surface area contributed by atoms with Gasteiger partial charge in [-0.1, -0.05) is 27.7 Å². The number of amides is 1. The van der Waals surface area contributed by atoms with Crippen LogP contribution in [0.25, 0.3) is 0 Å². The van der Waals surface area contributed by atoms with Crippen LogP contribution >= 0.6 is 11.3 Å². The summed E-state index contributed by atoms with van der Waals surface area (Å²) in [5.74, 6) is 0.180. The third kappa shape index (κ3) is 3.38. The molecule has 1 N–H and O–H groups in total. The zero-order chi connectivity index (χ0) is 14.8. The second-order valence-electron chi connectivity index (χ2n) is 6.40. The summed E-state index contributed by atoms with van der Waals surface area (Å²) in [5.41, 5.74) is 1.10. The molecule has 1 aliphatic rings. The molecule has 5 heteroatoms. The number of hydrogen-bond acceptors (Lipinski definition) is 4. The Hall–Kier alpha value is -0.940. The minimum absolute atomic E-state index is 0.0352. The predicted molar refractivity (Wildman–Crippen MR) is 84.5 cm³/mol. The lowest BCUT2D eigenvalue weighted by atomic mass is 9.93. The van der Waals surface area contributed by atoms with Gasteiger partial charge in [0.2, 0.25) is 5.91 Å². The Labute approximate surface area is 125 Å². The van der Waals surface area contributed by atoms with E-state index in [1.807, 2.05) is 4.90 Å². The highest BCUT2D eigenvalue weighted by atomic mass is 32.1. The number of nitrogens with one attached hydrogen (secondary N) is 1. The van der Waals surface area contributed by atoms with Gasteiger partial charge in [-0.2, -0.15) is 0 Å². The van der Waals surface area contributed by atoms with Crippen molar-refractivity contribution < 1.29 is 4.79 Å². The van der Waals surface area contributed by atoms with E-state index in [-0.39, 0.29) is 17.4 Å². The Balaban J connectivity index is 2.11. The predicted octanol–water partition coefficient (Wildman–Crippen LogP) is 2.94. The molecule has 112 valence electrons. The largest absolute Gasteiger partial charge is 0.306 e. The summed E-state index contributed by atoms with van der Waals surface area (Å²) in [7, 11) is 0. The molecule has 1 aromatic rings. The van der Waals surface area contributed by atoms with Crippen molar-refractivity contribution in [2.75, 3.05) is 18.0 Å². The summed E-state index contributed by atoms with van der Waals surface area (Å²) in [6, 6.07) is -0.0364. The van der Waals surface area contributed by atoms with Gasteiger partial charge < -0.3 is 5.32 Å². The average molecular weight is 295 g/mol. The fraction of sp³-hybridized carbons (Fsp3) is 0.733. The molecule has 1 saturated heterocycles. The van der Waals surface area contributed by atoms with Gasteiger partial charge in [0.15, 0.2) is 5.13 Å². The SMILES string of the molecule is CCCNC1CCCN(c2nc(C(C)(C)C)cs2)C1=O. The van der Waals surface area contributed by atoms with E-state index in [1.165, 1.54) is 0 Å². The molecular formula is C15H25N3OS. The van der Waals surface area contributed by atoms with Crippen molar-refractivity contribution in [1.82, 2.24) is 10.3 Å². The molecule has 0 aliphatic carbocycles. The first-order valence-electron chi connectivity index (χ1n) is 7.44. The molecule has 1 unspecified atom stereocenters. The van der Waals surface area contributed by atoms with Crippen LogP contribution in [0.3, 0.4) is 0 Å². The van der Waals surface area contributed by atoms with E-state index >= 15 is 0 Å². The quantitative estimate of drug-likeness (QED) is 0.929. The fourth-order valence-corrected chi connectivity index (χ4v) is 3.39. The minimum Gasteiger partial charge on any atom is -0.306 e. The Kier molecular flexibility index (Phi) is 4.81. The van der Waals surface area contributed by atoms with Gasteiger partial charge in [-0.25, -0.2) is 4.98 Å². The first-order valence-corrected chi connectivity index (χ1v) is 8.32. The molecule has 1 aromatic heterocycles. The summed E-state index contributed by atoms with van der Waals surface area (Å²) >= 11 is 1.58. The number of nitrogens with zero attached hydrogens (tertiary/aromatic N) is 2. The molecule has 1 aliphatic heterocycles. The Morgan fingerprint density at radius 3 is 2.85 bits per heavy atom. The molecule has 0 spiro atoms.